The highest BCUT2D eigenvalue weighted by Crippen LogP contribution is 2.30. The van der Waals surface area contributed by atoms with Gasteiger partial charge in [0.1, 0.15) is 11.5 Å². The van der Waals surface area contributed by atoms with E-state index in [0.29, 0.717) is 6.04 Å². The third-order valence-electron chi connectivity index (χ3n) is 3.04. The smallest absolute Gasteiger partial charge is 0.131 e. The number of hydrogen-bond acceptors (Lipinski definition) is 2. The molecular formula is C17H20BrNO. The molecule has 2 aromatic rings. The molecule has 2 nitrogen and oxygen atoms in total. The number of halogens is 1. The molecule has 0 aliphatic rings. The lowest BCUT2D eigenvalue weighted by atomic mass is 10.2. The lowest BCUT2D eigenvalue weighted by Crippen LogP contribution is -2.22. The van der Waals surface area contributed by atoms with E-state index in [1.807, 2.05) is 36.4 Å². The maximum atomic E-state index is 6.08. The Morgan fingerprint density at radius 2 is 1.85 bits per heavy atom. The van der Waals surface area contributed by atoms with Crippen LogP contribution in [0.15, 0.2) is 46.9 Å². The standard InChI is InChI=1S/C17H20BrNO/c1-12(2)19-11-14-6-4-5-7-16(14)20-17-10-15(18)9-8-13(17)3/h4-10,12,19H,11H2,1-3H3. The second kappa shape index (κ2) is 6.91. The summed E-state index contributed by atoms with van der Waals surface area (Å²) in [7, 11) is 0. The molecule has 0 saturated carbocycles. The van der Waals surface area contributed by atoms with E-state index in [1.54, 1.807) is 0 Å². The van der Waals surface area contributed by atoms with Gasteiger partial charge >= 0.3 is 0 Å². The summed E-state index contributed by atoms with van der Waals surface area (Å²) in [6, 6.07) is 14.7. The zero-order valence-corrected chi connectivity index (χ0v) is 13.7. The molecule has 0 radical (unpaired) electrons. The van der Waals surface area contributed by atoms with Crippen molar-refractivity contribution < 1.29 is 4.74 Å². The first kappa shape index (κ1) is 15.1. The van der Waals surface area contributed by atoms with E-state index >= 15 is 0 Å². The molecule has 0 aliphatic heterocycles. The van der Waals surface area contributed by atoms with E-state index < -0.39 is 0 Å². The number of ether oxygens (including phenoxy) is 1. The third-order valence-corrected chi connectivity index (χ3v) is 3.54. The van der Waals surface area contributed by atoms with Gasteiger partial charge in [-0.05, 0) is 30.7 Å². The average Bonchev–Trinajstić information content (AvgIpc) is 2.42. The minimum Gasteiger partial charge on any atom is -0.457 e. The fraction of sp³-hybridized carbons (Fsp3) is 0.294. The first-order valence-corrected chi connectivity index (χ1v) is 7.61. The Kier molecular flexibility index (Phi) is 5.21. The first-order chi connectivity index (χ1) is 9.56. The van der Waals surface area contributed by atoms with Crippen LogP contribution in [0.3, 0.4) is 0 Å². The summed E-state index contributed by atoms with van der Waals surface area (Å²) in [5.74, 6) is 1.79. The predicted molar refractivity (Wildman–Crippen MR) is 87.4 cm³/mol. The van der Waals surface area contributed by atoms with Crippen molar-refractivity contribution in [2.75, 3.05) is 0 Å². The van der Waals surface area contributed by atoms with Crippen LogP contribution in [0, 0.1) is 6.92 Å². The summed E-state index contributed by atoms with van der Waals surface area (Å²) < 4.78 is 7.11. The summed E-state index contributed by atoms with van der Waals surface area (Å²) in [6.07, 6.45) is 0. The van der Waals surface area contributed by atoms with Gasteiger partial charge in [0.25, 0.3) is 0 Å². The van der Waals surface area contributed by atoms with Gasteiger partial charge in [0, 0.05) is 22.6 Å². The van der Waals surface area contributed by atoms with Crippen molar-refractivity contribution >= 4 is 15.9 Å². The van der Waals surface area contributed by atoms with Gasteiger partial charge in [0.2, 0.25) is 0 Å². The summed E-state index contributed by atoms with van der Waals surface area (Å²) in [5.41, 5.74) is 2.29. The lowest BCUT2D eigenvalue weighted by Gasteiger charge is -2.14. The number of aryl methyl sites for hydroxylation is 1. The molecule has 2 rings (SSSR count). The fourth-order valence-corrected chi connectivity index (χ4v) is 2.21. The van der Waals surface area contributed by atoms with Crippen LogP contribution in [0.25, 0.3) is 0 Å². The van der Waals surface area contributed by atoms with Gasteiger partial charge in [0.05, 0.1) is 0 Å². The second-order valence-electron chi connectivity index (χ2n) is 5.16. The number of para-hydroxylation sites is 1. The van der Waals surface area contributed by atoms with Crippen LogP contribution in [0.4, 0.5) is 0 Å². The van der Waals surface area contributed by atoms with E-state index in [1.165, 1.54) is 5.56 Å². The van der Waals surface area contributed by atoms with Crippen LogP contribution in [0.5, 0.6) is 11.5 Å². The summed E-state index contributed by atoms with van der Waals surface area (Å²) >= 11 is 3.49. The van der Waals surface area contributed by atoms with Crippen molar-refractivity contribution in [1.82, 2.24) is 5.32 Å². The molecule has 0 spiro atoms. The topological polar surface area (TPSA) is 21.3 Å². The van der Waals surface area contributed by atoms with Crippen LogP contribution in [-0.2, 0) is 6.54 Å². The van der Waals surface area contributed by atoms with Crippen molar-refractivity contribution in [3.63, 3.8) is 0 Å². The van der Waals surface area contributed by atoms with Gasteiger partial charge in [-0.3, -0.25) is 0 Å². The third kappa shape index (κ3) is 4.09. The quantitative estimate of drug-likeness (QED) is 0.826. The molecule has 0 aliphatic carbocycles. The van der Waals surface area contributed by atoms with Crippen molar-refractivity contribution in [1.29, 1.82) is 0 Å². The van der Waals surface area contributed by atoms with Gasteiger partial charge < -0.3 is 10.1 Å². The second-order valence-corrected chi connectivity index (χ2v) is 6.07. The van der Waals surface area contributed by atoms with Gasteiger partial charge in [-0.15, -0.1) is 0 Å². The van der Waals surface area contributed by atoms with E-state index in [9.17, 15) is 0 Å². The van der Waals surface area contributed by atoms with Crippen LogP contribution >= 0.6 is 15.9 Å². The minimum atomic E-state index is 0.454. The molecule has 106 valence electrons. The molecule has 2 aromatic carbocycles. The van der Waals surface area contributed by atoms with Crippen molar-refractivity contribution in [2.24, 2.45) is 0 Å². The Morgan fingerprint density at radius 1 is 1.10 bits per heavy atom. The van der Waals surface area contributed by atoms with Crippen LogP contribution in [0.1, 0.15) is 25.0 Å². The number of nitrogens with one attached hydrogen (secondary N) is 1. The zero-order valence-electron chi connectivity index (χ0n) is 12.1. The Labute approximate surface area is 129 Å². The van der Waals surface area contributed by atoms with Crippen molar-refractivity contribution in [3.05, 3.63) is 58.1 Å². The SMILES string of the molecule is Cc1ccc(Br)cc1Oc1ccccc1CNC(C)C. The average molecular weight is 334 g/mol. The molecule has 3 heteroatoms. The normalized spacial score (nSPS) is 10.8. The highest BCUT2D eigenvalue weighted by Gasteiger charge is 2.07. The molecule has 0 unspecified atom stereocenters. The summed E-state index contributed by atoms with van der Waals surface area (Å²) in [6.45, 7) is 7.14. The minimum absolute atomic E-state index is 0.454. The zero-order chi connectivity index (χ0) is 14.5. The predicted octanol–water partition coefficient (Wildman–Crippen LogP) is 5.05. The molecule has 0 amide bonds. The molecule has 0 saturated heterocycles. The lowest BCUT2D eigenvalue weighted by molar-refractivity contribution is 0.466. The molecule has 0 aromatic heterocycles. The summed E-state index contributed by atoms with van der Waals surface area (Å²) in [4.78, 5) is 0. The fourth-order valence-electron chi connectivity index (χ4n) is 1.87. The van der Waals surface area contributed by atoms with Gasteiger partial charge in [-0.25, -0.2) is 0 Å². The van der Waals surface area contributed by atoms with Gasteiger partial charge in [-0.2, -0.15) is 0 Å². The van der Waals surface area contributed by atoms with E-state index in [0.717, 1.165) is 28.1 Å². The van der Waals surface area contributed by atoms with Crippen LogP contribution in [0.2, 0.25) is 0 Å². The highest BCUT2D eigenvalue weighted by atomic mass is 79.9. The van der Waals surface area contributed by atoms with Crippen LogP contribution < -0.4 is 10.1 Å². The Balaban J connectivity index is 2.22. The monoisotopic (exact) mass is 333 g/mol. The van der Waals surface area contributed by atoms with Crippen molar-refractivity contribution in [3.8, 4) is 11.5 Å². The highest BCUT2D eigenvalue weighted by molar-refractivity contribution is 9.10. The Hall–Kier alpha value is -1.32. The molecule has 1 N–H and O–H groups in total. The Bertz CT molecular complexity index is 581. The van der Waals surface area contributed by atoms with Gasteiger partial charge in [0.15, 0.2) is 0 Å². The van der Waals surface area contributed by atoms with E-state index in [2.05, 4.69) is 48.1 Å². The number of benzene rings is 2. The molecular weight excluding hydrogens is 314 g/mol. The largest absolute Gasteiger partial charge is 0.457 e. The molecule has 0 heterocycles. The molecule has 0 atom stereocenters. The van der Waals surface area contributed by atoms with Crippen LogP contribution in [-0.4, -0.2) is 6.04 Å². The maximum Gasteiger partial charge on any atom is 0.131 e. The molecule has 20 heavy (non-hydrogen) atoms. The van der Waals surface area contributed by atoms with E-state index in [4.69, 9.17) is 4.74 Å². The molecule has 0 fully saturated rings. The van der Waals surface area contributed by atoms with E-state index in [-0.39, 0.29) is 0 Å². The van der Waals surface area contributed by atoms with Crippen molar-refractivity contribution in [2.45, 2.75) is 33.4 Å². The maximum absolute atomic E-state index is 6.08. The first-order valence-electron chi connectivity index (χ1n) is 6.81. The Morgan fingerprint density at radius 3 is 2.60 bits per heavy atom. The molecule has 0 bridgehead atoms. The number of rotatable bonds is 5. The van der Waals surface area contributed by atoms with Gasteiger partial charge in [-0.1, -0.05) is 54.0 Å². The summed E-state index contributed by atoms with van der Waals surface area (Å²) in [5, 5.41) is 3.42. The number of hydrogen-bond donors (Lipinski definition) is 1.